The summed E-state index contributed by atoms with van der Waals surface area (Å²) in [5.41, 5.74) is 0.859. The molecule has 1 saturated heterocycles. The van der Waals surface area contributed by atoms with Gasteiger partial charge in [0.15, 0.2) is 0 Å². The van der Waals surface area contributed by atoms with Gasteiger partial charge in [-0.1, -0.05) is 25.1 Å². The Balaban J connectivity index is 1.51. The third-order valence-electron chi connectivity index (χ3n) is 7.58. The van der Waals surface area contributed by atoms with Gasteiger partial charge in [-0.05, 0) is 48.9 Å². The molecule has 0 unspecified atom stereocenters. The lowest BCUT2D eigenvalue weighted by Gasteiger charge is -2.43. The molecule has 1 N–H and O–H groups in total. The monoisotopic (exact) mass is 537 g/mol. The van der Waals surface area contributed by atoms with E-state index in [2.05, 4.69) is 10.2 Å². The third-order valence-corrected chi connectivity index (χ3v) is 8.79. The van der Waals surface area contributed by atoms with Crippen molar-refractivity contribution in [1.82, 2.24) is 9.80 Å². The molecule has 1 aromatic heterocycles. The van der Waals surface area contributed by atoms with Crippen molar-refractivity contribution in [1.29, 1.82) is 0 Å². The summed E-state index contributed by atoms with van der Waals surface area (Å²) in [5.74, 6) is -4.48. The van der Waals surface area contributed by atoms with Crippen molar-refractivity contribution in [2.45, 2.75) is 57.2 Å². The van der Waals surface area contributed by atoms with Crippen LogP contribution in [0.3, 0.4) is 0 Å². The summed E-state index contributed by atoms with van der Waals surface area (Å²) in [4.78, 5) is 4.64. The molecule has 0 aliphatic carbocycles. The highest BCUT2D eigenvalue weighted by Crippen LogP contribution is 2.48. The molecule has 200 valence electrons. The van der Waals surface area contributed by atoms with Crippen molar-refractivity contribution in [3.8, 4) is 0 Å². The fourth-order valence-electron chi connectivity index (χ4n) is 5.60. The third kappa shape index (κ3) is 5.22. The fraction of sp³-hybridized carbons (Fsp3) is 0.500. The summed E-state index contributed by atoms with van der Waals surface area (Å²) in [5, 5.41) is 4.02. The van der Waals surface area contributed by atoms with Gasteiger partial charge in [-0.3, -0.25) is 14.2 Å². The minimum absolute atomic E-state index is 0.0196. The zero-order valence-electron chi connectivity index (χ0n) is 21.0. The Labute approximate surface area is 218 Å². The first kappa shape index (κ1) is 26.4. The van der Waals surface area contributed by atoms with Gasteiger partial charge in [0.1, 0.15) is 11.6 Å². The second-order valence-electron chi connectivity index (χ2n) is 10.3. The molecule has 2 aliphatic heterocycles. The van der Waals surface area contributed by atoms with Crippen LogP contribution in [0.2, 0.25) is 0 Å². The van der Waals surface area contributed by atoms with Crippen molar-refractivity contribution >= 4 is 27.1 Å². The van der Waals surface area contributed by atoms with Gasteiger partial charge in [0.25, 0.3) is 5.92 Å². The van der Waals surface area contributed by atoms with Crippen LogP contribution in [0.5, 0.6) is 0 Å². The zero-order chi connectivity index (χ0) is 26.3. The number of halogens is 5. The van der Waals surface area contributed by atoms with Crippen LogP contribution < -0.4 is 5.32 Å². The van der Waals surface area contributed by atoms with Crippen LogP contribution in [0.4, 0.5) is 27.6 Å². The van der Waals surface area contributed by atoms with Crippen molar-refractivity contribution < 1.29 is 22.0 Å². The fourth-order valence-corrected chi connectivity index (χ4v) is 6.96. The zero-order valence-corrected chi connectivity index (χ0v) is 21.9. The SMILES string of the molecule is CCC(F)(F)CN1[C@H](c2c(F)cc(NC3CN(CCCF)C3)cc2F)c2c(sc3ccccc23)C[C@H]1C. The van der Waals surface area contributed by atoms with E-state index >= 15 is 8.78 Å². The van der Waals surface area contributed by atoms with Gasteiger partial charge < -0.3 is 5.32 Å². The van der Waals surface area contributed by atoms with E-state index in [1.165, 1.54) is 19.1 Å². The van der Waals surface area contributed by atoms with Gasteiger partial charge in [0, 0.05) is 52.9 Å². The van der Waals surface area contributed by atoms with Gasteiger partial charge in [0.2, 0.25) is 0 Å². The molecule has 3 aromatic rings. The molecule has 0 radical (unpaired) electrons. The van der Waals surface area contributed by atoms with E-state index in [1.807, 2.05) is 31.2 Å². The Bertz CT molecular complexity index is 1230. The van der Waals surface area contributed by atoms with Crippen molar-refractivity contribution in [3.63, 3.8) is 0 Å². The summed E-state index contributed by atoms with van der Waals surface area (Å²) in [6, 6.07) is 8.92. The van der Waals surface area contributed by atoms with E-state index in [4.69, 9.17) is 0 Å². The summed E-state index contributed by atoms with van der Waals surface area (Å²) in [7, 11) is 0. The topological polar surface area (TPSA) is 18.5 Å². The molecule has 9 heteroatoms. The van der Waals surface area contributed by atoms with E-state index < -0.39 is 30.1 Å². The Morgan fingerprint density at radius 3 is 2.46 bits per heavy atom. The van der Waals surface area contributed by atoms with Crippen LogP contribution in [0.25, 0.3) is 10.1 Å². The normalized spacial score (nSPS) is 21.3. The molecule has 3 nitrogen and oxygen atoms in total. The van der Waals surface area contributed by atoms with E-state index in [0.29, 0.717) is 38.2 Å². The lowest BCUT2D eigenvalue weighted by atomic mass is 9.86. The molecule has 3 heterocycles. The second-order valence-corrected chi connectivity index (χ2v) is 11.4. The van der Waals surface area contributed by atoms with Crippen molar-refractivity contribution in [2.24, 2.45) is 0 Å². The minimum atomic E-state index is -2.98. The summed E-state index contributed by atoms with van der Waals surface area (Å²) < 4.78 is 74.4. The minimum Gasteiger partial charge on any atom is -0.380 e. The van der Waals surface area contributed by atoms with Gasteiger partial charge >= 0.3 is 0 Å². The first-order chi connectivity index (χ1) is 17.7. The number of nitrogens with zero attached hydrogens (tertiary/aromatic N) is 2. The predicted molar refractivity (Wildman–Crippen MR) is 140 cm³/mol. The van der Waals surface area contributed by atoms with Crippen molar-refractivity contribution in [3.05, 3.63) is 64.0 Å². The maximum absolute atomic E-state index is 15.8. The molecular weight excluding hydrogens is 505 g/mol. The molecule has 1 fully saturated rings. The average Bonchev–Trinajstić information content (AvgIpc) is 3.19. The van der Waals surface area contributed by atoms with Crippen molar-refractivity contribution in [2.75, 3.05) is 38.2 Å². The highest BCUT2D eigenvalue weighted by Gasteiger charge is 2.43. The number of likely N-dealkylation sites (tertiary alicyclic amines) is 1. The molecule has 2 aliphatic rings. The Hall–Kier alpha value is -2.23. The highest BCUT2D eigenvalue weighted by molar-refractivity contribution is 7.19. The van der Waals surface area contributed by atoms with E-state index in [9.17, 15) is 13.2 Å². The smallest absolute Gasteiger partial charge is 0.260 e. The highest BCUT2D eigenvalue weighted by atomic mass is 32.1. The van der Waals surface area contributed by atoms with Crippen LogP contribution in [-0.2, 0) is 6.42 Å². The first-order valence-electron chi connectivity index (χ1n) is 12.9. The predicted octanol–water partition coefficient (Wildman–Crippen LogP) is 7.02. The number of hydrogen-bond acceptors (Lipinski definition) is 4. The molecule has 37 heavy (non-hydrogen) atoms. The molecule has 0 spiro atoms. The molecule has 5 rings (SSSR count). The maximum atomic E-state index is 15.8. The van der Waals surface area contributed by atoms with Crippen LogP contribution in [0.1, 0.15) is 48.7 Å². The second kappa shape index (κ2) is 10.5. The maximum Gasteiger partial charge on any atom is 0.260 e. The number of hydrogen-bond donors (Lipinski definition) is 1. The lowest BCUT2D eigenvalue weighted by molar-refractivity contribution is -0.0544. The van der Waals surface area contributed by atoms with Crippen LogP contribution in [0.15, 0.2) is 36.4 Å². The summed E-state index contributed by atoms with van der Waals surface area (Å²) in [6.07, 6.45) is 0.670. The number of thiophene rings is 1. The number of benzene rings is 2. The number of fused-ring (bicyclic) bond motifs is 3. The molecule has 0 bridgehead atoms. The largest absolute Gasteiger partial charge is 0.380 e. The number of nitrogens with one attached hydrogen (secondary N) is 1. The van der Waals surface area contributed by atoms with E-state index in [0.717, 1.165) is 20.5 Å². The standard InChI is InChI=1S/C28H32F5N3S/c1-3-28(32,33)16-36-17(2)11-24-25(20-7-4-5-8-23(20)37-24)27(36)26-21(30)12-18(13-22(26)31)34-19-14-35(15-19)10-6-9-29/h4-5,7-8,12-13,17,19,27,34H,3,6,9-11,14-16H2,1-2H3/t17-,27+/m1/s1. The van der Waals surface area contributed by atoms with E-state index in [1.54, 1.807) is 16.2 Å². The lowest BCUT2D eigenvalue weighted by Crippen LogP contribution is -2.54. The quantitative estimate of drug-likeness (QED) is 0.296. The Kier molecular flexibility index (Phi) is 7.49. The average molecular weight is 538 g/mol. The number of rotatable bonds is 9. The number of alkyl halides is 3. The Morgan fingerprint density at radius 2 is 1.78 bits per heavy atom. The van der Waals surface area contributed by atoms with Gasteiger partial charge in [0.05, 0.1) is 25.3 Å². The van der Waals surface area contributed by atoms with Crippen LogP contribution in [-0.4, -0.2) is 60.7 Å². The van der Waals surface area contributed by atoms with E-state index in [-0.39, 0.29) is 30.7 Å². The van der Waals surface area contributed by atoms with Gasteiger partial charge in [-0.25, -0.2) is 17.6 Å². The molecular formula is C28H32F5N3S. The number of anilines is 1. The first-order valence-corrected chi connectivity index (χ1v) is 13.7. The van der Waals surface area contributed by atoms with Crippen LogP contribution in [0, 0.1) is 11.6 Å². The molecule has 2 atom stereocenters. The van der Waals surface area contributed by atoms with Gasteiger partial charge in [-0.15, -0.1) is 11.3 Å². The Morgan fingerprint density at radius 1 is 1.08 bits per heavy atom. The molecule has 0 amide bonds. The molecule has 0 saturated carbocycles. The molecule has 2 aromatic carbocycles. The van der Waals surface area contributed by atoms with Crippen LogP contribution >= 0.6 is 11.3 Å². The summed E-state index contributed by atoms with van der Waals surface area (Å²) >= 11 is 1.57. The van der Waals surface area contributed by atoms with Gasteiger partial charge in [-0.2, -0.15) is 0 Å². The summed E-state index contributed by atoms with van der Waals surface area (Å²) in [6.45, 7) is 4.35.